The SMILES string of the molecule is NC(=O)[C@@H](Cc1ccccc1[N+](=O)[O-])NC(=O)c1ccc2ccccc2n1. The van der Waals surface area contributed by atoms with E-state index < -0.39 is 22.8 Å². The third kappa shape index (κ3) is 4.06. The number of nitrogens with zero attached hydrogens (tertiary/aromatic N) is 2. The van der Waals surface area contributed by atoms with Gasteiger partial charge in [0.15, 0.2) is 0 Å². The summed E-state index contributed by atoms with van der Waals surface area (Å²) < 4.78 is 0. The normalized spacial score (nSPS) is 11.7. The molecule has 0 aliphatic carbocycles. The number of nitrogens with two attached hydrogens (primary N) is 1. The molecular weight excluding hydrogens is 348 g/mol. The highest BCUT2D eigenvalue weighted by Gasteiger charge is 2.24. The number of pyridine rings is 1. The van der Waals surface area contributed by atoms with Crippen molar-refractivity contribution in [3.05, 3.63) is 82.0 Å². The van der Waals surface area contributed by atoms with Gasteiger partial charge in [-0.05, 0) is 12.1 Å². The summed E-state index contributed by atoms with van der Waals surface area (Å²) in [4.78, 5) is 39.1. The Labute approximate surface area is 154 Å². The molecule has 1 aromatic heterocycles. The molecule has 0 saturated carbocycles. The van der Waals surface area contributed by atoms with Crippen LogP contribution in [0.5, 0.6) is 0 Å². The summed E-state index contributed by atoms with van der Waals surface area (Å²) in [5.74, 6) is -1.37. The quantitative estimate of drug-likeness (QED) is 0.510. The summed E-state index contributed by atoms with van der Waals surface area (Å²) in [7, 11) is 0. The van der Waals surface area contributed by atoms with E-state index in [1.54, 1.807) is 30.3 Å². The lowest BCUT2D eigenvalue weighted by Crippen LogP contribution is -2.46. The standard InChI is InChI=1S/C19H16N4O4/c20-18(24)16(11-13-6-2-4-8-17(13)23(26)27)22-19(25)15-10-9-12-5-1-3-7-14(12)21-15/h1-10,16H,11H2,(H2,20,24)(H,22,25)/t16-/m1/s1. The molecule has 8 heteroatoms. The Kier molecular flexibility index (Phi) is 5.07. The Balaban J connectivity index is 1.82. The van der Waals surface area contributed by atoms with Crippen molar-refractivity contribution in [3.63, 3.8) is 0 Å². The highest BCUT2D eigenvalue weighted by molar-refractivity contribution is 5.97. The molecule has 0 bridgehead atoms. The van der Waals surface area contributed by atoms with E-state index in [0.29, 0.717) is 11.1 Å². The number of aromatic nitrogens is 1. The molecule has 3 rings (SSSR count). The fourth-order valence-corrected chi connectivity index (χ4v) is 2.73. The van der Waals surface area contributed by atoms with Gasteiger partial charge in [-0.25, -0.2) is 4.98 Å². The van der Waals surface area contributed by atoms with Gasteiger partial charge in [-0.2, -0.15) is 0 Å². The van der Waals surface area contributed by atoms with Crippen molar-refractivity contribution < 1.29 is 14.5 Å². The van der Waals surface area contributed by atoms with E-state index in [9.17, 15) is 19.7 Å². The van der Waals surface area contributed by atoms with Crippen molar-refractivity contribution in [3.8, 4) is 0 Å². The molecule has 0 spiro atoms. The zero-order valence-electron chi connectivity index (χ0n) is 14.2. The maximum absolute atomic E-state index is 12.5. The van der Waals surface area contributed by atoms with E-state index in [-0.39, 0.29) is 17.8 Å². The van der Waals surface area contributed by atoms with E-state index in [4.69, 9.17) is 5.73 Å². The van der Waals surface area contributed by atoms with Gasteiger partial charge in [0.25, 0.3) is 11.6 Å². The molecule has 0 saturated heterocycles. The van der Waals surface area contributed by atoms with Gasteiger partial charge < -0.3 is 11.1 Å². The minimum absolute atomic E-state index is 0.0915. The number of nitro groups is 1. The minimum Gasteiger partial charge on any atom is -0.368 e. The molecule has 0 radical (unpaired) electrons. The number of para-hydroxylation sites is 2. The molecule has 0 aliphatic rings. The Bertz CT molecular complexity index is 1030. The number of nitrogens with one attached hydrogen (secondary N) is 1. The van der Waals surface area contributed by atoms with Crippen LogP contribution in [0.25, 0.3) is 10.9 Å². The number of hydrogen-bond acceptors (Lipinski definition) is 5. The zero-order valence-corrected chi connectivity index (χ0v) is 14.2. The molecule has 2 aromatic carbocycles. The molecule has 27 heavy (non-hydrogen) atoms. The van der Waals surface area contributed by atoms with Crippen molar-refractivity contribution in [2.45, 2.75) is 12.5 Å². The first kappa shape index (κ1) is 18.0. The van der Waals surface area contributed by atoms with Gasteiger partial charge in [0.1, 0.15) is 11.7 Å². The number of fused-ring (bicyclic) bond motifs is 1. The van der Waals surface area contributed by atoms with Crippen molar-refractivity contribution >= 4 is 28.4 Å². The van der Waals surface area contributed by atoms with Crippen molar-refractivity contribution in [2.24, 2.45) is 5.73 Å². The molecule has 0 aliphatic heterocycles. The number of rotatable bonds is 6. The summed E-state index contributed by atoms with van der Waals surface area (Å²) >= 11 is 0. The molecule has 3 N–H and O–H groups in total. The monoisotopic (exact) mass is 364 g/mol. The number of nitro benzene ring substituents is 1. The fraction of sp³-hybridized carbons (Fsp3) is 0.105. The molecule has 1 atom stereocenters. The maximum atomic E-state index is 12.5. The number of amides is 2. The highest BCUT2D eigenvalue weighted by Crippen LogP contribution is 2.19. The van der Waals surface area contributed by atoms with Gasteiger partial charge in [0.2, 0.25) is 5.91 Å². The van der Waals surface area contributed by atoms with Crippen LogP contribution >= 0.6 is 0 Å². The van der Waals surface area contributed by atoms with Crippen LogP contribution in [0.2, 0.25) is 0 Å². The van der Waals surface area contributed by atoms with Crippen LogP contribution in [0.3, 0.4) is 0 Å². The smallest absolute Gasteiger partial charge is 0.272 e. The second kappa shape index (κ2) is 7.61. The summed E-state index contributed by atoms with van der Waals surface area (Å²) in [5, 5.41) is 14.5. The van der Waals surface area contributed by atoms with Gasteiger partial charge in [-0.15, -0.1) is 0 Å². The summed E-state index contributed by atoms with van der Waals surface area (Å²) in [6.07, 6.45) is -0.0915. The largest absolute Gasteiger partial charge is 0.368 e. The predicted molar refractivity (Wildman–Crippen MR) is 99.0 cm³/mol. The first-order valence-electron chi connectivity index (χ1n) is 8.14. The summed E-state index contributed by atoms with van der Waals surface area (Å²) in [5.41, 5.74) is 6.32. The lowest BCUT2D eigenvalue weighted by atomic mass is 10.0. The molecule has 136 valence electrons. The number of carbonyl (C=O) groups excluding carboxylic acids is 2. The average molecular weight is 364 g/mol. The first-order valence-corrected chi connectivity index (χ1v) is 8.14. The highest BCUT2D eigenvalue weighted by atomic mass is 16.6. The van der Waals surface area contributed by atoms with E-state index in [1.165, 1.54) is 18.2 Å². The lowest BCUT2D eigenvalue weighted by molar-refractivity contribution is -0.385. The topological polar surface area (TPSA) is 128 Å². The lowest BCUT2D eigenvalue weighted by Gasteiger charge is -2.15. The van der Waals surface area contributed by atoms with Gasteiger partial charge >= 0.3 is 0 Å². The third-order valence-electron chi connectivity index (χ3n) is 4.09. The fourth-order valence-electron chi connectivity index (χ4n) is 2.73. The molecule has 8 nitrogen and oxygen atoms in total. The second-order valence-electron chi connectivity index (χ2n) is 5.91. The first-order chi connectivity index (χ1) is 13.0. The Morgan fingerprint density at radius 1 is 1.07 bits per heavy atom. The molecular formula is C19H16N4O4. The Morgan fingerprint density at radius 3 is 2.52 bits per heavy atom. The van der Waals surface area contributed by atoms with Crippen LogP contribution in [0.1, 0.15) is 16.1 Å². The number of hydrogen-bond donors (Lipinski definition) is 2. The van der Waals surface area contributed by atoms with Crippen LogP contribution in [-0.4, -0.2) is 27.8 Å². The molecule has 0 unspecified atom stereocenters. The van der Waals surface area contributed by atoms with E-state index in [0.717, 1.165) is 5.39 Å². The van der Waals surface area contributed by atoms with E-state index in [2.05, 4.69) is 10.3 Å². The number of primary amides is 1. The van der Waals surface area contributed by atoms with E-state index in [1.807, 2.05) is 12.1 Å². The van der Waals surface area contributed by atoms with Crippen LogP contribution in [0.4, 0.5) is 5.69 Å². The Hall–Kier alpha value is -3.81. The van der Waals surface area contributed by atoms with Gasteiger partial charge in [-0.3, -0.25) is 19.7 Å². The zero-order chi connectivity index (χ0) is 19.4. The predicted octanol–water partition coefficient (Wildman–Crippen LogP) is 1.97. The van der Waals surface area contributed by atoms with Crippen molar-refractivity contribution in [1.29, 1.82) is 0 Å². The van der Waals surface area contributed by atoms with Crippen LogP contribution < -0.4 is 11.1 Å². The maximum Gasteiger partial charge on any atom is 0.272 e. The van der Waals surface area contributed by atoms with Crippen LogP contribution in [0, 0.1) is 10.1 Å². The summed E-state index contributed by atoms with van der Waals surface area (Å²) in [6.45, 7) is 0. The van der Waals surface area contributed by atoms with Gasteiger partial charge in [-0.1, -0.05) is 42.5 Å². The molecule has 2 amide bonds. The van der Waals surface area contributed by atoms with Crippen LogP contribution in [-0.2, 0) is 11.2 Å². The number of carbonyl (C=O) groups is 2. The van der Waals surface area contributed by atoms with Crippen molar-refractivity contribution in [2.75, 3.05) is 0 Å². The summed E-state index contributed by atoms with van der Waals surface area (Å²) in [6, 6.07) is 15.5. The molecule has 0 fully saturated rings. The van der Waals surface area contributed by atoms with Crippen molar-refractivity contribution in [1.82, 2.24) is 10.3 Å². The van der Waals surface area contributed by atoms with Crippen LogP contribution in [0.15, 0.2) is 60.7 Å². The second-order valence-corrected chi connectivity index (χ2v) is 5.91. The van der Waals surface area contributed by atoms with E-state index >= 15 is 0 Å². The van der Waals surface area contributed by atoms with Gasteiger partial charge in [0.05, 0.1) is 10.4 Å². The molecule has 1 heterocycles. The third-order valence-corrected chi connectivity index (χ3v) is 4.09. The average Bonchev–Trinajstić information content (AvgIpc) is 2.67. The number of benzene rings is 2. The Morgan fingerprint density at radius 2 is 1.78 bits per heavy atom. The molecule has 3 aromatic rings. The minimum atomic E-state index is -1.10. The van der Waals surface area contributed by atoms with Gasteiger partial charge in [0, 0.05) is 23.4 Å².